The minimum atomic E-state index is -2.22. The zero-order valence-electron chi connectivity index (χ0n) is 8.46. The van der Waals surface area contributed by atoms with Gasteiger partial charge in [0, 0.05) is 27.4 Å². The summed E-state index contributed by atoms with van der Waals surface area (Å²) in [4.78, 5) is 0. The molecule has 13 heavy (non-hydrogen) atoms. The second-order valence-corrected chi connectivity index (χ2v) is 5.39. The minimum absolute atomic E-state index is 0.885. The van der Waals surface area contributed by atoms with Crippen LogP contribution in [0.3, 0.4) is 0 Å². The van der Waals surface area contributed by atoms with Crippen LogP contribution in [0.4, 0.5) is 0 Å². The molecule has 0 heterocycles. The van der Waals surface area contributed by atoms with Crippen molar-refractivity contribution in [1.82, 2.24) is 0 Å². The minimum Gasteiger partial charge on any atom is -0.377 e. The SMILES string of the molecule is CCC[Si](OC)(OC)OC.O=[Si]=O. The molecule has 5 nitrogen and oxygen atoms in total. The first-order chi connectivity index (χ1) is 6.16. The van der Waals surface area contributed by atoms with Gasteiger partial charge in [0.05, 0.1) is 0 Å². The summed E-state index contributed by atoms with van der Waals surface area (Å²) in [5, 5.41) is 0. The van der Waals surface area contributed by atoms with Gasteiger partial charge in [-0.25, -0.2) is 0 Å². The summed E-state index contributed by atoms with van der Waals surface area (Å²) < 4.78 is 32.3. The average Bonchev–Trinajstić information content (AvgIpc) is 2.16. The summed E-state index contributed by atoms with van der Waals surface area (Å²) in [6.45, 7) is 2.08. The van der Waals surface area contributed by atoms with E-state index in [1.54, 1.807) is 21.3 Å². The lowest BCUT2D eigenvalue weighted by Gasteiger charge is -2.23. The number of rotatable bonds is 5. The van der Waals surface area contributed by atoms with E-state index < -0.39 is 18.1 Å². The molecule has 0 aromatic rings. The molecular weight excluding hydrogens is 208 g/mol. The third kappa shape index (κ3) is 7.02. The summed E-state index contributed by atoms with van der Waals surface area (Å²) in [7, 11) is 1.27. The molecule has 0 aliphatic carbocycles. The molecule has 0 aliphatic heterocycles. The molecule has 0 aromatic heterocycles. The quantitative estimate of drug-likeness (QED) is 0.642. The summed E-state index contributed by atoms with van der Waals surface area (Å²) in [6, 6.07) is 0.885. The molecule has 0 amide bonds. The van der Waals surface area contributed by atoms with Crippen molar-refractivity contribution >= 4 is 18.1 Å². The largest absolute Gasteiger partial charge is 0.549 e. The maximum absolute atomic E-state index is 8.40. The highest BCUT2D eigenvalue weighted by molar-refractivity contribution is 6.60. The number of hydrogen-bond acceptors (Lipinski definition) is 5. The lowest BCUT2D eigenvalue weighted by Crippen LogP contribution is -2.42. The van der Waals surface area contributed by atoms with Crippen LogP contribution in [0.15, 0.2) is 0 Å². The second kappa shape index (κ2) is 10.00. The van der Waals surface area contributed by atoms with Gasteiger partial charge in [0.1, 0.15) is 0 Å². The molecule has 0 aromatic carbocycles. The van der Waals surface area contributed by atoms with E-state index in [2.05, 4.69) is 6.92 Å². The Morgan fingerprint density at radius 1 is 1.08 bits per heavy atom. The molecule has 0 aliphatic rings. The fraction of sp³-hybridized carbons (Fsp3) is 1.00. The summed E-state index contributed by atoms with van der Waals surface area (Å²) in [6.07, 6.45) is 1.03. The monoisotopic (exact) mass is 224 g/mol. The van der Waals surface area contributed by atoms with Gasteiger partial charge in [-0.3, -0.25) is 8.92 Å². The van der Waals surface area contributed by atoms with E-state index in [1.807, 2.05) is 0 Å². The van der Waals surface area contributed by atoms with Crippen LogP contribution in [0.5, 0.6) is 0 Å². The maximum atomic E-state index is 8.40. The van der Waals surface area contributed by atoms with Crippen molar-refractivity contribution in [1.29, 1.82) is 0 Å². The van der Waals surface area contributed by atoms with E-state index in [-0.39, 0.29) is 0 Å². The zero-order valence-corrected chi connectivity index (χ0v) is 10.5. The van der Waals surface area contributed by atoms with Gasteiger partial charge in [0.15, 0.2) is 0 Å². The first kappa shape index (κ1) is 15.4. The highest BCUT2D eigenvalue weighted by Gasteiger charge is 2.36. The molecule has 0 rings (SSSR count). The Morgan fingerprint density at radius 2 is 1.38 bits per heavy atom. The van der Waals surface area contributed by atoms with Crippen molar-refractivity contribution in [2.24, 2.45) is 0 Å². The molecular formula is C6H16O5Si2. The standard InChI is InChI=1S/C6H16O3Si.O2Si/c1-5-6-10(7-2,8-3)9-4;1-3-2/h5-6H2,1-4H3;. The Hall–Kier alpha value is -0.0862. The fourth-order valence-electron chi connectivity index (χ4n) is 0.862. The molecule has 0 atom stereocenters. The lowest BCUT2D eigenvalue weighted by molar-refractivity contribution is 0.123. The van der Waals surface area contributed by atoms with Crippen molar-refractivity contribution in [3.05, 3.63) is 0 Å². The predicted molar refractivity (Wildman–Crippen MR) is 49.0 cm³/mol. The first-order valence-electron chi connectivity index (χ1n) is 3.81. The van der Waals surface area contributed by atoms with Crippen molar-refractivity contribution in [2.75, 3.05) is 21.3 Å². The Labute approximate surface area is 81.7 Å². The van der Waals surface area contributed by atoms with Gasteiger partial charge in [0.2, 0.25) is 0 Å². The smallest absolute Gasteiger partial charge is 0.377 e. The van der Waals surface area contributed by atoms with Crippen LogP contribution in [0.1, 0.15) is 13.3 Å². The highest BCUT2D eigenvalue weighted by atomic mass is 28.4. The average molecular weight is 224 g/mol. The van der Waals surface area contributed by atoms with Gasteiger partial charge < -0.3 is 13.3 Å². The van der Waals surface area contributed by atoms with Crippen LogP contribution in [-0.4, -0.2) is 39.4 Å². The first-order valence-corrected chi connectivity index (χ1v) is 6.55. The maximum Gasteiger partial charge on any atom is 0.549 e. The second-order valence-electron chi connectivity index (χ2n) is 2.13. The molecule has 0 unspecified atom stereocenters. The van der Waals surface area contributed by atoms with Gasteiger partial charge in [-0.15, -0.1) is 0 Å². The fourth-order valence-corrected chi connectivity index (χ4v) is 2.59. The molecule has 0 saturated heterocycles. The molecule has 7 heteroatoms. The van der Waals surface area contributed by atoms with Crippen LogP contribution >= 0.6 is 0 Å². The van der Waals surface area contributed by atoms with E-state index in [0.29, 0.717) is 0 Å². The van der Waals surface area contributed by atoms with E-state index in [1.165, 1.54) is 0 Å². The summed E-state index contributed by atoms with van der Waals surface area (Å²) >= 11 is 0. The Balaban J connectivity index is 0. The predicted octanol–water partition coefficient (Wildman–Crippen LogP) is 0.656. The Bertz CT molecular complexity index is 134. The Kier molecular flexibility index (Phi) is 11.8. The van der Waals surface area contributed by atoms with Gasteiger partial charge in [-0.1, -0.05) is 13.3 Å². The third-order valence-electron chi connectivity index (χ3n) is 1.49. The topological polar surface area (TPSA) is 61.8 Å². The molecule has 0 bridgehead atoms. The van der Waals surface area contributed by atoms with Gasteiger partial charge >= 0.3 is 18.1 Å². The van der Waals surface area contributed by atoms with Crippen LogP contribution in [0, 0.1) is 0 Å². The van der Waals surface area contributed by atoms with Crippen molar-refractivity contribution in [2.45, 2.75) is 19.4 Å². The van der Waals surface area contributed by atoms with Crippen LogP contribution in [0.25, 0.3) is 0 Å². The van der Waals surface area contributed by atoms with Crippen molar-refractivity contribution in [3.8, 4) is 0 Å². The van der Waals surface area contributed by atoms with E-state index >= 15 is 0 Å². The zero-order chi connectivity index (χ0) is 10.7. The van der Waals surface area contributed by atoms with Gasteiger partial charge in [0.25, 0.3) is 0 Å². The highest BCUT2D eigenvalue weighted by Crippen LogP contribution is 2.13. The van der Waals surface area contributed by atoms with Crippen LogP contribution < -0.4 is 0 Å². The van der Waals surface area contributed by atoms with E-state index in [0.717, 1.165) is 12.5 Å². The molecule has 0 radical (unpaired) electrons. The van der Waals surface area contributed by atoms with Gasteiger partial charge in [-0.05, 0) is 0 Å². The Morgan fingerprint density at radius 3 is 1.46 bits per heavy atom. The molecule has 0 spiro atoms. The lowest BCUT2D eigenvalue weighted by atomic mass is 10.6. The number of hydrogen-bond donors (Lipinski definition) is 0. The van der Waals surface area contributed by atoms with Gasteiger partial charge in [-0.2, -0.15) is 0 Å². The normalized spacial score (nSPS) is 9.85. The summed E-state index contributed by atoms with van der Waals surface area (Å²) in [5.74, 6) is 0. The molecule has 78 valence electrons. The van der Waals surface area contributed by atoms with Crippen molar-refractivity contribution < 1.29 is 22.2 Å². The molecule has 0 saturated carbocycles. The molecule has 0 N–H and O–H groups in total. The third-order valence-corrected chi connectivity index (χ3v) is 4.47. The molecule has 0 fully saturated rings. The summed E-state index contributed by atoms with van der Waals surface area (Å²) in [5.41, 5.74) is 0. The van der Waals surface area contributed by atoms with E-state index in [4.69, 9.17) is 22.2 Å². The van der Waals surface area contributed by atoms with Crippen molar-refractivity contribution in [3.63, 3.8) is 0 Å². The van der Waals surface area contributed by atoms with Crippen LogP contribution in [0.2, 0.25) is 6.04 Å². The van der Waals surface area contributed by atoms with Crippen LogP contribution in [-0.2, 0) is 22.2 Å². The van der Waals surface area contributed by atoms with E-state index in [9.17, 15) is 0 Å².